The Hall–Kier alpha value is -2.19. The van der Waals surface area contributed by atoms with E-state index in [9.17, 15) is 14.9 Å². The van der Waals surface area contributed by atoms with Crippen LogP contribution in [0.1, 0.15) is 11.3 Å². The molecule has 0 radical (unpaired) electrons. The Morgan fingerprint density at radius 3 is 2.81 bits per heavy atom. The van der Waals surface area contributed by atoms with Gasteiger partial charge in [-0.25, -0.2) is 0 Å². The smallest absolute Gasteiger partial charge is 0.283 e. The van der Waals surface area contributed by atoms with Crippen molar-refractivity contribution in [3.63, 3.8) is 0 Å². The van der Waals surface area contributed by atoms with Gasteiger partial charge >= 0.3 is 0 Å². The monoisotopic (exact) mass is 355 g/mol. The number of nitro groups is 1. The zero-order chi connectivity index (χ0) is 15.4. The lowest BCUT2D eigenvalue weighted by molar-refractivity contribution is -0.385. The van der Waals surface area contributed by atoms with E-state index in [4.69, 9.17) is 14.3 Å². The normalized spacial score (nSPS) is 10.4. The van der Waals surface area contributed by atoms with Gasteiger partial charge in [-0.1, -0.05) is 12.1 Å². The fourth-order valence-corrected chi connectivity index (χ4v) is 2.12. The number of ether oxygens (including phenoxy) is 1. The summed E-state index contributed by atoms with van der Waals surface area (Å²) in [5.41, 5.74) is 0.000417. The Kier molecular flexibility index (Phi) is 4.71. The maximum atomic E-state index is 11.7. The molecule has 21 heavy (non-hydrogen) atoms. The Morgan fingerprint density at radius 1 is 1.43 bits per heavy atom. The van der Waals surface area contributed by atoms with Gasteiger partial charge in [0.05, 0.1) is 4.92 Å². The van der Waals surface area contributed by atoms with Crippen molar-refractivity contribution in [3.05, 3.63) is 66.7 Å². The van der Waals surface area contributed by atoms with E-state index in [0.717, 1.165) is 12.3 Å². The molecule has 1 aromatic carbocycles. The predicted molar refractivity (Wildman–Crippen MR) is 76.0 cm³/mol. The SMILES string of the molecule is O=c1cc(CO)occ1OCc1cccc([N+](=O)[O-])c1Br. The van der Waals surface area contributed by atoms with Crippen molar-refractivity contribution < 1.29 is 19.2 Å². The molecule has 2 aromatic rings. The van der Waals surface area contributed by atoms with Crippen LogP contribution in [0.5, 0.6) is 5.75 Å². The number of hydrogen-bond acceptors (Lipinski definition) is 6. The summed E-state index contributed by atoms with van der Waals surface area (Å²) in [6, 6.07) is 5.65. The van der Waals surface area contributed by atoms with Gasteiger partial charge in [-0.15, -0.1) is 0 Å². The average Bonchev–Trinajstić information content (AvgIpc) is 2.46. The zero-order valence-electron chi connectivity index (χ0n) is 10.6. The number of nitrogens with zero attached hydrogens (tertiary/aromatic N) is 1. The summed E-state index contributed by atoms with van der Waals surface area (Å²) >= 11 is 3.14. The molecule has 7 nitrogen and oxygen atoms in total. The number of aliphatic hydroxyl groups is 1. The second-order valence-corrected chi connectivity index (χ2v) is 4.82. The van der Waals surface area contributed by atoms with Crippen LogP contribution >= 0.6 is 15.9 Å². The molecule has 1 N–H and O–H groups in total. The van der Waals surface area contributed by atoms with Crippen LogP contribution in [0.4, 0.5) is 5.69 Å². The van der Waals surface area contributed by atoms with E-state index in [0.29, 0.717) is 10.0 Å². The highest BCUT2D eigenvalue weighted by Gasteiger charge is 2.15. The third-order valence-electron chi connectivity index (χ3n) is 2.65. The highest BCUT2D eigenvalue weighted by molar-refractivity contribution is 9.10. The van der Waals surface area contributed by atoms with E-state index in [1.54, 1.807) is 6.07 Å². The molecular formula is C13H10BrNO6. The van der Waals surface area contributed by atoms with E-state index < -0.39 is 10.4 Å². The van der Waals surface area contributed by atoms with Gasteiger partial charge in [-0.2, -0.15) is 0 Å². The number of nitro benzene ring substituents is 1. The summed E-state index contributed by atoms with van der Waals surface area (Å²) in [5, 5.41) is 19.7. The lowest BCUT2D eigenvalue weighted by Crippen LogP contribution is -2.08. The van der Waals surface area contributed by atoms with E-state index in [1.807, 2.05) is 0 Å². The van der Waals surface area contributed by atoms with Crippen molar-refractivity contribution in [3.8, 4) is 5.75 Å². The number of hydrogen-bond donors (Lipinski definition) is 1. The van der Waals surface area contributed by atoms with Crippen LogP contribution in [0, 0.1) is 10.1 Å². The van der Waals surface area contributed by atoms with Crippen LogP contribution in [0.15, 0.2) is 44.2 Å². The second-order valence-electron chi connectivity index (χ2n) is 4.03. The Balaban J connectivity index is 2.19. The molecule has 0 fully saturated rings. The van der Waals surface area contributed by atoms with Gasteiger partial charge in [0, 0.05) is 17.7 Å². The molecule has 0 spiro atoms. The molecule has 2 rings (SSSR count). The minimum Gasteiger partial charge on any atom is -0.482 e. The molecule has 1 heterocycles. The van der Waals surface area contributed by atoms with Gasteiger partial charge in [0.2, 0.25) is 11.2 Å². The molecule has 0 aliphatic heterocycles. The molecule has 0 bridgehead atoms. The molecule has 110 valence electrons. The van der Waals surface area contributed by atoms with Crippen molar-refractivity contribution in [1.29, 1.82) is 0 Å². The lowest BCUT2D eigenvalue weighted by atomic mass is 10.2. The van der Waals surface area contributed by atoms with Gasteiger partial charge in [-0.05, 0) is 15.9 Å². The fourth-order valence-electron chi connectivity index (χ4n) is 1.60. The highest BCUT2D eigenvalue weighted by Crippen LogP contribution is 2.28. The lowest BCUT2D eigenvalue weighted by Gasteiger charge is -2.07. The average molecular weight is 356 g/mol. The summed E-state index contributed by atoms with van der Waals surface area (Å²) in [5.74, 6) is 0.0921. The largest absolute Gasteiger partial charge is 0.482 e. The number of halogens is 1. The van der Waals surface area contributed by atoms with Gasteiger partial charge in [0.25, 0.3) is 5.69 Å². The summed E-state index contributed by atoms with van der Waals surface area (Å²) in [6.07, 6.45) is 1.10. The van der Waals surface area contributed by atoms with Crippen LogP contribution in [0.2, 0.25) is 0 Å². The van der Waals surface area contributed by atoms with Crippen LogP contribution < -0.4 is 10.2 Å². The Bertz CT molecular complexity index is 727. The molecule has 8 heteroatoms. The van der Waals surface area contributed by atoms with Crippen LogP contribution in [-0.2, 0) is 13.2 Å². The first-order valence-corrected chi connectivity index (χ1v) is 6.59. The summed E-state index contributed by atoms with van der Waals surface area (Å²) < 4.78 is 10.6. The summed E-state index contributed by atoms with van der Waals surface area (Å²) in [4.78, 5) is 22.0. The molecule has 0 aliphatic rings. The quantitative estimate of drug-likeness (QED) is 0.652. The standard InChI is InChI=1S/C13H10BrNO6/c14-13-8(2-1-3-10(13)15(18)19)6-21-12-7-20-9(5-16)4-11(12)17/h1-4,7,16H,5-6H2. The van der Waals surface area contributed by atoms with Crippen molar-refractivity contribution >= 4 is 21.6 Å². The van der Waals surface area contributed by atoms with Crippen LogP contribution in [0.25, 0.3) is 0 Å². The topological polar surface area (TPSA) is 103 Å². The van der Waals surface area contributed by atoms with Crippen LogP contribution in [0.3, 0.4) is 0 Å². The third-order valence-corrected chi connectivity index (χ3v) is 3.56. The molecule has 0 saturated carbocycles. The Labute approximate surface area is 127 Å². The first-order chi connectivity index (χ1) is 10.0. The van der Waals surface area contributed by atoms with Crippen molar-refractivity contribution in [2.45, 2.75) is 13.2 Å². The molecule has 0 aliphatic carbocycles. The molecule has 0 saturated heterocycles. The molecule has 1 aromatic heterocycles. The van der Waals surface area contributed by atoms with Crippen molar-refractivity contribution in [2.24, 2.45) is 0 Å². The molecular weight excluding hydrogens is 346 g/mol. The van der Waals surface area contributed by atoms with E-state index >= 15 is 0 Å². The van der Waals surface area contributed by atoms with Crippen molar-refractivity contribution in [2.75, 3.05) is 0 Å². The van der Waals surface area contributed by atoms with Gasteiger partial charge < -0.3 is 14.3 Å². The minimum absolute atomic E-state index is 0.0362. The Morgan fingerprint density at radius 2 is 2.19 bits per heavy atom. The summed E-state index contributed by atoms with van der Waals surface area (Å²) in [6.45, 7) is -0.419. The molecule has 0 unspecified atom stereocenters. The van der Waals surface area contributed by atoms with E-state index in [-0.39, 0.29) is 30.4 Å². The van der Waals surface area contributed by atoms with Crippen LogP contribution in [-0.4, -0.2) is 10.0 Å². The van der Waals surface area contributed by atoms with E-state index in [1.165, 1.54) is 12.1 Å². The zero-order valence-corrected chi connectivity index (χ0v) is 12.2. The first kappa shape index (κ1) is 15.2. The van der Waals surface area contributed by atoms with E-state index in [2.05, 4.69) is 15.9 Å². The third kappa shape index (κ3) is 3.47. The van der Waals surface area contributed by atoms with Gasteiger partial charge in [-0.3, -0.25) is 14.9 Å². The predicted octanol–water partition coefficient (Wildman–Crippen LogP) is 2.38. The number of aliphatic hydroxyl groups excluding tert-OH is 1. The van der Waals surface area contributed by atoms with Crippen molar-refractivity contribution in [1.82, 2.24) is 0 Å². The minimum atomic E-state index is -0.516. The number of benzene rings is 1. The highest BCUT2D eigenvalue weighted by atomic mass is 79.9. The van der Waals surface area contributed by atoms with Gasteiger partial charge in [0.1, 0.15) is 29.7 Å². The maximum absolute atomic E-state index is 11.7. The second kappa shape index (κ2) is 6.51. The first-order valence-electron chi connectivity index (χ1n) is 5.80. The maximum Gasteiger partial charge on any atom is 0.283 e. The fraction of sp³-hybridized carbons (Fsp3) is 0.154. The van der Waals surface area contributed by atoms with Gasteiger partial charge in [0.15, 0.2) is 0 Å². The molecule has 0 amide bonds. The number of rotatable bonds is 5. The summed E-state index contributed by atoms with van der Waals surface area (Å²) in [7, 11) is 0. The molecule has 0 atom stereocenters.